The van der Waals surface area contributed by atoms with Gasteiger partial charge in [-0.2, -0.15) is 0 Å². The minimum Gasteiger partial charge on any atom is -0.351 e. The third-order valence-electron chi connectivity index (χ3n) is 5.55. The van der Waals surface area contributed by atoms with Crippen LogP contribution in [0.1, 0.15) is 85.0 Å². The summed E-state index contributed by atoms with van der Waals surface area (Å²) in [5, 5.41) is 2.95. The fraction of sp³-hybridized carbons (Fsp3) is 0.818. The molecule has 1 heterocycles. The Labute approximate surface area is 161 Å². The predicted molar refractivity (Wildman–Crippen MR) is 113 cm³/mol. The number of likely N-dealkylation sites (N-methyl/N-ethyl adjacent to an activating group) is 1. The van der Waals surface area contributed by atoms with E-state index in [9.17, 15) is 4.79 Å². The van der Waals surface area contributed by atoms with Crippen molar-refractivity contribution in [2.75, 3.05) is 32.7 Å². The number of quaternary nitrogens is 1. The lowest BCUT2D eigenvalue weighted by Gasteiger charge is -2.33. The molecule has 1 atom stereocenters. The summed E-state index contributed by atoms with van der Waals surface area (Å²) in [7, 11) is 0. The first kappa shape index (κ1) is 22.9. The van der Waals surface area contributed by atoms with Crippen LogP contribution in [0.5, 0.6) is 0 Å². The number of nitrogens with zero attached hydrogens (tertiary/aromatic N) is 2. The van der Waals surface area contributed by atoms with Crippen LogP contribution in [0.25, 0.3) is 0 Å². The highest BCUT2D eigenvalue weighted by molar-refractivity contribution is 5.77. The maximum absolute atomic E-state index is 11.1. The summed E-state index contributed by atoms with van der Waals surface area (Å²) in [5.41, 5.74) is 0. The Morgan fingerprint density at radius 2 is 1.77 bits per heavy atom. The van der Waals surface area contributed by atoms with Crippen molar-refractivity contribution in [1.29, 1.82) is 0 Å². The number of carbonyl (C=O) groups is 1. The van der Waals surface area contributed by atoms with Gasteiger partial charge in [0.1, 0.15) is 13.1 Å². The van der Waals surface area contributed by atoms with Gasteiger partial charge in [-0.3, -0.25) is 9.28 Å². The van der Waals surface area contributed by atoms with Crippen LogP contribution < -0.4 is 5.32 Å². The summed E-state index contributed by atoms with van der Waals surface area (Å²) < 4.78 is 0.980. The monoisotopic (exact) mass is 364 g/mol. The van der Waals surface area contributed by atoms with Crippen molar-refractivity contribution in [3.8, 4) is 0 Å². The normalized spacial score (nSPS) is 19.9. The van der Waals surface area contributed by atoms with Gasteiger partial charge in [0.15, 0.2) is 5.84 Å². The lowest BCUT2D eigenvalue weighted by Crippen LogP contribution is -2.54. The Hall–Kier alpha value is -1.16. The van der Waals surface area contributed by atoms with Crippen molar-refractivity contribution >= 4 is 11.7 Å². The minimum absolute atomic E-state index is 0.0640. The van der Waals surface area contributed by atoms with E-state index in [4.69, 9.17) is 4.99 Å². The second-order valence-corrected chi connectivity index (χ2v) is 7.61. The number of carbonyl (C=O) groups excluding carboxylic acids is 1. The molecule has 4 heteroatoms. The lowest BCUT2D eigenvalue weighted by atomic mass is 10.1. The van der Waals surface area contributed by atoms with Gasteiger partial charge in [0, 0.05) is 13.3 Å². The summed E-state index contributed by atoms with van der Waals surface area (Å²) in [6, 6.07) is 0. The summed E-state index contributed by atoms with van der Waals surface area (Å²) >= 11 is 0. The molecular formula is C22H42N3O+. The molecule has 0 bridgehead atoms. The van der Waals surface area contributed by atoms with Gasteiger partial charge in [-0.05, 0) is 39.0 Å². The van der Waals surface area contributed by atoms with Crippen LogP contribution in [-0.4, -0.2) is 48.9 Å². The molecule has 1 N–H and O–H groups in total. The van der Waals surface area contributed by atoms with Gasteiger partial charge in [0.2, 0.25) is 5.91 Å². The predicted octanol–water partition coefficient (Wildman–Crippen LogP) is 4.85. The Kier molecular flexibility index (Phi) is 12.3. The molecule has 1 unspecified atom stereocenters. The molecule has 0 aromatic carbocycles. The second kappa shape index (κ2) is 14.0. The van der Waals surface area contributed by atoms with Crippen molar-refractivity contribution in [3.05, 3.63) is 12.2 Å². The zero-order valence-electron chi connectivity index (χ0n) is 17.6. The van der Waals surface area contributed by atoms with Gasteiger partial charge in [-0.25, -0.2) is 4.99 Å². The molecule has 150 valence electrons. The molecule has 26 heavy (non-hydrogen) atoms. The molecule has 0 saturated heterocycles. The third-order valence-corrected chi connectivity index (χ3v) is 5.55. The van der Waals surface area contributed by atoms with Crippen LogP contribution in [0, 0.1) is 0 Å². The molecule has 0 aliphatic carbocycles. The lowest BCUT2D eigenvalue weighted by molar-refractivity contribution is -0.833. The van der Waals surface area contributed by atoms with Gasteiger partial charge < -0.3 is 5.32 Å². The van der Waals surface area contributed by atoms with Crippen LogP contribution in [0.3, 0.4) is 0 Å². The average molecular weight is 365 g/mol. The van der Waals surface area contributed by atoms with Gasteiger partial charge in [0.05, 0.1) is 19.6 Å². The van der Waals surface area contributed by atoms with Crippen LogP contribution in [0.2, 0.25) is 0 Å². The molecule has 0 aromatic rings. The van der Waals surface area contributed by atoms with Gasteiger partial charge in [-0.15, -0.1) is 0 Å². The zero-order valence-corrected chi connectivity index (χ0v) is 17.6. The van der Waals surface area contributed by atoms with Crippen molar-refractivity contribution in [2.24, 2.45) is 4.99 Å². The first-order valence-corrected chi connectivity index (χ1v) is 10.9. The van der Waals surface area contributed by atoms with E-state index in [2.05, 4.69) is 31.3 Å². The number of nitrogens with one attached hydrogen (secondary N) is 1. The number of hydrogen-bond donors (Lipinski definition) is 1. The van der Waals surface area contributed by atoms with Crippen LogP contribution in [0.15, 0.2) is 17.1 Å². The minimum atomic E-state index is 0.0640. The highest BCUT2D eigenvalue weighted by atomic mass is 16.1. The van der Waals surface area contributed by atoms with E-state index in [0.29, 0.717) is 0 Å². The highest BCUT2D eigenvalue weighted by Crippen LogP contribution is 2.19. The number of hydrogen-bond acceptors (Lipinski definition) is 2. The molecule has 1 aliphatic heterocycles. The van der Waals surface area contributed by atoms with Crippen LogP contribution >= 0.6 is 0 Å². The largest absolute Gasteiger partial charge is 0.351 e. The van der Waals surface area contributed by atoms with E-state index in [1.165, 1.54) is 63.6 Å². The van der Waals surface area contributed by atoms with Gasteiger partial charge in [0.25, 0.3) is 0 Å². The van der Waals surface area contributed by atoms with Crippen LogP contribution in [-0.2, 0) is 4.79 Å². The van der Waals surface area contributed by atoms with Crippen LogP contribution in [0.4, 0.5) is 0 Å². The SMILES string of the molecule is CCCCCCC/C=C/CCCCC1=NCC[N+]1(CC)CCNC(C)=O. The number of unbranched alkanes of at least 4 members (excludes halogenated alkanes) is 7. The summed E-state index contributed by atoms with van der Waals surface area (Å²) in [6.45, 7) is 11.0. The maximum atomic E-state index is 11.1. The number of amides is 1. The van der Waals surface area contributed by atoms with E-state index in [0.717, 1.165) is 43.6 Å². The Bertz CT molecular complexity index is 445. The molecule has 0 radical (unpaired) electrons. The topological polar surface area (TPSA) is 41.5 Å². The average Bonchev–Trinajstić information content (AvgIpc) is 3.02. The van der Waals surface area contributed by atoms with E-state index in [1.54, 1.807) is 6.92 Å². The van der Waals surface area contributed by atoms with E-state index in [1.807, 2.05) is 0 Å². The number of rotatable bonds is 15. The molecular weight excluding hydrogens is 322 g/mol. The zero-order chi connectivity index (χ0) is 19.1. The molecule has 1 aliphatic rings. The Morgan fingerprint density at radius 3 is 2.42 bits per heavy atom. The molecule has 0 saturated carbocycles. The maximum Gasteiger partial charge on any atom is 0.217 e. The number of allylic oxidation sites excluding steroid dienone is 2. The Morgan fingerprint density at radius 1 is 1.08 bits per heavy atom. The first-order chi connectivity index (χ1) is 12.6. The van der Waals surface area contributed by atoms with Gasteiger partial charge >= 0.3 is 0 Å². The summed E-state index contributed by atoms with van der Waals surface area (Å²) in [4.78, 5) is 15.9. The second-order valence-electron chi connectivity index (χ2n) is 7.61. The quantitative estimate of drug-likeness (QED) is 0.252. The first-order valence-electron chi connectivity index (χ1n) is 10.9. The summed E-state index contributed by atoms with van der Waals surface area (Å²) in [5.74, 6) is 1.42. The van der Waals surface area contributed by atoms with Crippen molar-refractivity contribution < 1.29 is 9.28 Å². The molecule has 4 nitrogen and oxygen atoms in total. The fourth-order valence-electron chi connectivity index (χ4n) is 3.80. The van der Waals surface area contributed by atoms with Crippen molar-refractivity contribution in [2.45, 2.75) is 85.0 Å². The molecule has 0 aromatic heterocycles. The van der Waals surface area contributed by atoms with Gasteiger partial charge in [-0.1, -0.05) is 44.8 Å². The number of amidine groups is 1. The van der Waals surface area contributed by atoms with Crippen molar-refractivity contribution in [1.82, 2.24) is 5.32 Å². The van der Waals surface area contributed by atoms with E-state index >= 15 is 0 Å². The van der Waals surface area contributed by atoms with E-state index in [-0.39, 0.29) is 5.91 Å². The fourth-order valence-corrected chi connectivity index (χ4v) is 3.80. The highest BCUT2D eigenvalue weighted by Gasteiger charge is 2.35. The molecule has 1 amide bonds. The standard InChI is InChI=1S/C22H41N3O/c1-4-6-7-8-9-10-11-12-13-14-15-16-22-24-18-20-25(22,5-2)19-17-23-21(3)26/h11-12H,4-10,13-20H2,1-3H3/p+1/b12-11+. The smallest absolute Gasteiger partial charge is 0.217 e. The van der Waals surface area contributed by atoms with E-state index < -0.39 is 0 Å². The molecule has 0 spiro atoms. The molecule has 1 rings (SSSR count). The Balaban J connectivity index is 2.17. The number of aliphatic imine (C=N–C) groups is 1. The molecule has 0 fully saturated rings. The third kappa shape index (κ3) is 8.98. The van der Waals surface area contributed by atoms with Crippen molar-refractivity contribution in [3.63, 3.8) is 0 Å². The summed E-state index contributed by atoms with van der Waals surface area (Å²) in [6.07, 6.45) is 17.6.